The molecule has 1 amide bonds. The van der Waals surface area contributed by atoms with E-state index in [0.29, 0.717) is 0 Å². The third kappa shape index (κ3) is 5.55. The number of carboxylic acids is 1. The number of rotatable bonds is 4. The van der Waals surface area contributed by atoms with E-state index in [1.54, 1.807) is 20.8 Å². The zero-order valence-electron chi connectivity index (χ0n) is 9.98. The first-order chi connectivity index (χ1) is 7.17. The second kappa shape index (κ2) is 5.69. The van der Waals surface area contributed by atoms with Crippen molar-refractivity contribution in [2.75, 3.05) is 6.61 Å². The van der Waals surface area contributed by atoms with Gasteiger partial charge < -0.3 is 20.3 Å². The predicted molar refractivity (Wildman–Crippen MR) is 57.0 cm³/mol. The molecule has 0 aromatic carbocycles. The zero-order valence-corrected chi connectivity index (χ0v) is 9.98. The Balaban J connectivity index is 4.33. The molecule has 6 heteroatoms. The van der Waals surface area contributed by atoms with Crippen LogP contribution in [0.3, 0.4) is 0 Å². The number of carboxylic acid groups (broad SMARTS) is 1. The molecule has 0 aliphatic rings. The van der Waals surface area contributed by atoms with Crippen LogP contribution in [0.5, 0.6) is 0 Å². The molecule has 0 heterocycles. The van der Waals surface area contributed by atoms with Crippen LogP contribution in [0.15, 0.2) is 0 Å². The number of carbonyl (C=O) groups excluding carboxylic acids is 1. The second-order valence-corrected chi connectivity index (χ2v) is 4.56. The van der Waals surface area contributed by atoms with Crippen LogP contribution < -0.4 is 5.32 Å². The lowest BCUT2D eigenvalue weighted by Gasteiger charge is -2.24. The summed E-state index contributed by atoms with van der Waals surface area (Å²) in [6, 6.07) is -0.854. The SMILES string of the molecule is C[C@H](C(=O)O)[C@H](CO)NC(=O)OC(C)(C)C. The molecule has 3 N–H and O–H groups in total. The monoisotopic (exact) mass is 233 g/mol. The fraction of sp³-hybridized carbons (Fsp3) is 0.800. The minimum Gasteiger partial charge on any atom is -0.481 e. The van der Waals surface area contributed by atoms with Gasteiger partial charge in [-0.05, 0) is 27.7 Å². The van der Waals surface area contributed by atoms with E-state index in [0.717, 1.165) is 0 Å². The lowest BCUT2D eigenvalue weighted by Crippen LogP contribution is -2.46. The van der Waals surface area contributed by atoms with Crippen molar-refractivity contribution in [1.82, 2.24) is 5.32 Å². The van der Waals surface area contributed by atoms with Gasteiger partial charge in [-0.3, -0.25) is 4.79 Å². The highest BCUT2D eigenvalue weighted by Gasteiger charge is 2.26. The Bertz CT molecular complexity index is 258. The Labute approximate surface area is 94.6 Å². The third-order valence-corrected chi connectivity index (χ3v) is 1.89. The number of aliphatic hydroxyl groups excluding tert-OH is 1. The summed E-state index contributed by atoms with van der Waals surface area (Å²) in [7, 11) is 0. The van der Waals surface area contributed by atoms with Gasteiger partial charge in [0, 0.05) is 0 Å². The van der Waals surface area contributed by atoms with Gasteiger partial charge in [0.2, 0.25) is 0 Å². The largest absolute Gasteiger partial charge is 0.481 e. The summed E-state index contributed by atoms with van der Waals surface area (Å²) in [5, 5.41) is 20.0. The number of hydrogen-bond acceptors (Lipinski definition) is 4. The topological polar surface area (TPSA) is 95.9 Å². The minimum absolute atomic E-state index is 0.452. The lowest BCUT2D eigenvalue weighted by atomic mass is 10.0. The molecule has 0 saturated carbocycles. The van der Waals surface area contributed by atoms with Crippen LogP contribution >= 0.6 is 0 Å². The maximum Gasteiger partial charge on any atom is 0.407 e. The maximum absolute atomic E-state index is 11.3. The van der Waals surface area contributed by atoms with Gasteiger partial charge in [0.1, 0.15) is 5.60 Å². The molecule has 0 saturated heterocycles. The van der Waals surface area contributed by atoms with Crippen LogP contribution in [0.4, 0.5) is 4.79 Å². The summed E-state index contributed by atoms with van der Waals surface area (Å²) in [6.45, 7) is 6.04. The molecule has 0 aromatic heterocycles. The van der Waals surface area contributed by atoms with Gasteiger partial charge in [0.15, 0.2) is 0 Å². The first-order valence-electron chi connectivity index (χ1n) is 5.00. The zero-order chi connectivity index (χ0) is 12.9. The summed E-state index contributed by atoms with van der Waals surface area (Å²) in [4.78, 5) is 22.0. The molecule has 0 bridgehead atoms. The molecule has 94 valence electrons. The van der Waals surface area contributed by atoms with Crippen LogP contribution in [-0.4, -0.2) is 40.5 Å². The van der Waals surface area contributed by atoms with Crippen molar-refractivity contribution in [2.24, 2.45) is 5.92 Å². The molecule has 6 nitrogen and oxygen atoms in total. The van der Waals surface area contributed by atoms with Crippen molar-refractivity contribution in [3.63, 3.8) is 0 Å². The number of aliphatic carboxylic acids is 1. The minimum atomic E-state index is -1.09. The molecule has 0 aliphatic carbocycles. The molecule has 2 atom stereocenters. The Morgan fingerprint density at radius 2 is 1.88 bits per heavy atom. The Kier molecular flexibility index (Phi) is 5.23. The van der Waals surface area contributed by atoms with E-state index in [-0.39, 0.29) is 0 Å². The first-order valence-corrected chi connectivity index (χ1v) is 5.00. The van der Waals surface area contributed by atoms with Crippen LogP contribution in [0, 0.1) is 5.92 Å². The van der Waals surface area contributed by atoms with Gasteiger partial charge in [-0.2, -0.15) is 0 Å². The summed E-state index contributed by atoms with van der Waals surface area (Å²) < 4.78 is 4.95. The van der Waals surface area contributed by atoms with Crippen LogP contribution in [-0.2, 0) is 9.53 Å². The van der Waals surface area contributed by atoms with Gasteiger partial charge in [0.25, 0.3) is 0 Å². The van der Waals surface area contributed by atoms with Gasteiger partial charge >= 0.3 is 12.1 Å². The molecule has 0 aliphatic heterocycles. The number of nitrogens with one attached hydrogen (secondary N) is 1. The van der Waals surface area contributed by atoms with Crippen LogP contribution in [0.2, 0.25) is 0 Å². The van der Waals surface area contributed by atoms with Gasteiger partial charge in [-0.25, -0.2) is 4.79 Å². The summed E-state index contributed by atoms with van der Waals surface area (Å²) >= 11 is 0. The lowest BCUT2D eigenvalue weighted by molar-refractivity contribution is -0.142. The second-order valence-electron chi connectivity index (χ2n) is 4.56. The molecule has 0 fully saturated rings. The quantitative estimate of drug-likeness (QED) is 0.660. The summed E-state index contributed by atoms with van der Waals surface area (Å²) in [5.74, 6) is -1.97. The highest BCUT2D eigenvalue weighted by atomic mass is 16.6. The molecule has 0 aromatic rings. The van der Waals surface area contributed by atoms with Gasteiger partial charge in [0.05, 0.1) is 18.6 Å². The van der Waals surface area contributed by atoms with Crippen LogP contribution in [0.25, 0.3) is 0 Å². The number of alkyl carbamates (subject to hydrolysis) is 1. The van der Waals surface area contributed by atoms with E-state index in [1.165, 1.54) is 6.92 Å². The number of carbonyl (C=O) groups is 2. The Hall–Kier alpha value is -1.30. The van der Waals surface area contributed by atoms with E-state index < -0.39 is 36.2 Å². The number of aliphatic hydroxyl groups is 1. The molecule has 0 spiro atoms. The van der Waals surface area contributed by atoms with E-state index in [4.69, 9.17) is 14.9 Å². The standard InChI is InChI=1S/C10H19NO5/c1-6(8(13)14)7(5-12)11-9(15)16-10(2,3)4/h6-7,12H,5H2,1-4H3,(H,11,15)(H,13,14)/t6-,7-/m0/s1. The van der Waals surface area contributed by atoms with E-state index in [1.807, 2.05) is 0 Å². The molecular formula is C10H19NO5. The smallest absolute Gasteiger partial charge is 0.407 e. The fourth-order valence-corrected chi connectivity index (χ4v) is 0.960. The van der Waals surface area contributed by atoms with E-state index in [9.17, 15) is 9.59 Å². The fourth-order valence-electron chi connectivity index (χ4n) is 0.960. The highest BCUT2D eigenvalue weighted by Crippen LogP contribution is 2.08. The average molecular weight is 233 g/mol. The van der Waals surface area contributed by atoms with E-state index in [2.05, 4.69) is 5.32 Å². The number of ether oxygens (including phenoxy) is 1. The normalized spacial score (nSPS) is 15.1. The third-order valence-electron chi connectivity index (χ3n) is 1.89. The average Bonchev–Trinajstić information content (AvgIpc) is 2.09. The molecule has 16 heavy (non-hydrogen) atoms. The molecule has 0 radical (unpaired) electrons. The summed E-state index contributed by atoms with van der Waals surface area (Å²) in [5.41, 5.74) is -0.656. The number of hydrogen-bond donors (Lipinski definition) is 3. The van der Waals surface area contributed by atoms with Crippen molar-refractivity contribution < 1.29 is 24.5 Å². The van der Waals surface area contributed by atoms with Crippen molar-refractivity contribution in [3.05, 3.63) is 0 Å². The highest BCUT2D eigenvalue weighted by molar-refractivity contribution is 5.73. The molecule has 0 rings (SSSR count). The predicted octanol–water partition coefficient (Wildman–Crippen LogP) is 0.593. The van der Waals surface area contributed by atoms with Gasteiger partial charge in [-0.15, -0.1) is 0 Å². The molecular weight excluding hydrogens is 214 g/mol. The summed E-state index contributed by atoms with van der Waals surface area (Å²) in [6.07, 6.45) is -0.736. The Morgan fingerprint density at radius 1 is 1.38 bits per heavy atom. The van der Waals surface area contributed by atoms with Crippen molar-refractivity contribution in [2.45, 2.75) is 39.3 Å². The first kappa shape index (κ1) is 14.7. The van der Waals surface area contributed by atoms with Crippen LogP contribution in [0.1, 0.15) is 27.7 Å². The van der Waals surface area contributed by atoms with Gasteiger partial charge in [-0.1, -0.05) is 0 Å². The van der Waals surface area contributed by atoms with E-state index >= 15 is 0 Å². The van der Waals surface area contributed by atoms with Crippen molar-refractivity contribution in [1.29, 1.82) is 0 Å². The maximum atomic E-state index is 11.3. The number of amides is 1. The van der Waals surface area contributed by atoms with Crippen molar-refractivity contribution >= 4 is 12.1 Å². The van der Waals surface area contributed by atoms with Crippen molar-refractivity contribution in [3.8, 4) is 0 Å². The Morgan fingerprint density at radius 3 is 2.19 bits per heavy atom. The molecule has 0 unspecified atom stereocenters.